The first kappa shape index (κ1) is 14.1. The smallest absolute Gasteiger partial charge is 0.236 e. The highest BCUT2D eigenvalue weighted by Crippen LogP contribution is 2.34. The maximum atomic E-state index is 12.8. The van der Waals surface area contributed by atoms with Crippen LogP contribution in [0.1, 0.15) is 39.5 Å². The molecular weight excluding hydrogens is 246 g/mol. The van der Waals surface area contributed by atoms with Gasteiger partial charge in [0.15, 0.2) is 5.84 Å². The topological polar surface area (TPSA) is 88.2 Å². The summed E-state index contributed by atoms with van der Waals surface area (Å²) in [5.41, 5.74) is 4.80. The number of nitrogens with two attached hydrogens (primary N) is 1. The molecule has 0 radical (unpaired) electrons. The zero-order chi connectivity index (χ0) is 14.0. The predicted molar refractivity (Wildman–Crippen MR) is 70.9 cm³/mol. The lowest BCUT2D eigenvalue weighted by Gasteiger charge is -2.41. The molecule has 3 atom stereocenters. The van der Waals surface area contributed by atoms with E-state index >= 15 is 0 Å². The molecular formula is C13H23N3O3. The molecule has 0 bridgehead atoms. The van der Waals surface area contributed by atoms with Crippen molar-refractivity contribution in [3.63, 3.8) is 0 Å². The molecule has 0 aromatic rings. The van der Waals surface area contributed by atoms with Crippen LogP contribution in [-0.2, 0) is 9.53 Å². The first-order valence-electron chi connectivity index (χ1n) is 6.95. The average molecular weight is 269 g/mol. The summed E-state index contributed by atoms with van der Waals surface area (Å²) in [5.74, 6) is -0.0634. The van der Waals surface area contributed by atoms with Gasteiger partial charge in [0.1, 0.15) is 5.41 Å². The van der Waals surface area contributed by atoms with Crippen molar-refractivity contribution in [1.29, 1.82) is 0 Å². The summed E-state index contributed by atoms with van der Waals surface area (Å²) in [6.07, 6.45) is 3.75. The predicted octanol–water partition coefficient (Wildman–Crippen LogP) is 0.929. The molecule has 3 unspecified atom stereocenters. The van der Waals surface area contributed by atoms with Gasteiger partial charge < -0.3 is 20.6 Å². The van der Waals surface area contributed by atoms with Crippen LogP contribution < -0.4 is 5.73 Å². The van der Waals surface area contributed by atoms with Gasteiger partial charge in [0.05, 0.1) is 18.8 Å². The lowest BCUT2D eigenvalue weighted by Crippen LogP contribution is -2.57. The van der Waals surface area contributed by atoms with E-state index in [1.165, 1.54) is 0 Å². The first-order chi connectivity index (χ1) is 9.04. The van der Waals surface area contributed by atoms with E-state index in [-0.39, 0.29) is 23.9 Å². The molecule has 2 rings (SSSR count). The highest BCUT2D eigenvalue weighted by Gasteiger charge is 2.46. The zero-order valence-corrected chi connectivity index (χ0v) is 11.6. The average Bonchev–Trinajstić information content (AvgIpc) is 2.92. The maximum Gasteiger partial charge on any atom is 0.236 e. The van der Waals surface area contributed by atoms with Crippen LogP contribution in [-0.4, -0.2) is 47.1 Å². The summed E-state index contributed by atoms with van der Waals surface area (Å²) >= 11 is 0. The van der Waals surface area contributed by atoms with Gasteiger partial charge in [-0.05, 0) is 32.6 Å². The highest BCUT2D eigenvalue weighted by atomic mass is 16.5. The van der Waals surface area contributed by atoms with E-state index in [0.29, 0.717) is 19.6 Å². The van der Waals surface area contributed by atoms with Gasteiger partial charge >= 0.3 is 0 Å². The molecule has 3 N–H and O–H groups in total. The molecule has 1 aliphatic carbocycles. The number of hydrogen-bond acceptors (Lipinski definition) is 4. The van der Waals surface area contributed by atoms with Gasteiger partial charge in [0.25, 0.3) is 0 Å². The Balaban J connectivity index is 2.22. The number of carbonyl (C=O) groups is 1. The molecule has 6 heteroatoms. The molecule has 1 amide bonds. The summed E-state index contributed by atoms with van der Waals surface area (Å²) in [6.45, 7) is 4.78. The van der Waals surface area contributed by atoms with Crippen molar-refractivity contribution < 1.29 is 14.7 Å². The third-order valence-corrected chi connectivity index (χ3v) is 4.60. The molecule has 0 aromatic heterocycles. The van der Waals surface area contributed by atoms with Crippen LogP contribution in [0.2, 0.25) is 0 Å². The molecule has 0 aromatic carbocycles. The highest BCUT2D eigenvalue weighted by molar-refractivity contribution is 6.06. The Kier molecular flexibility index (Phi) is 3.99. The Hall–Kier alpha value is -1.30. The van der Waals surface area contributed by atoms with Crippen molar-refractivity contribution >= 4 is 11.7 Å². The lowest BCUT2D eigenvalue weighted by molar-refractivity contribution is -0.150. The number of amides is 1. The van der Waals surface area contributed by atoms with Gasteiger partial charge in [0, 0.05) is 6.54 Å². The summed E-state index contributed by atoms with van der Waals surface area (Å²) in [5, 5.41) is 12.0. The van der Waals surface area contributed by atoms with Crippen LogP contribution in [0, 0.1) is 5.41 Å². The van der Waals surface area contributed by atoms with Crippen molar-refractivity contribution in [2.75, 3.05) is 13.2 Å². The van der Waals surface area contributed by atoms with Crippen molar-refractivity contribution in [1.82, 2.24) is 4.90 Å². The van der Waals surface area contributed by atoms with E-state index in [0.717, 1.165) is 19.3 Å². The SMILES string of the molecule is CCC(C)(C(=O)N1CCOC2CCCC21)C(N)=NO. The second-order valence-electron chi connectivity index (χ2n) is 5.58. The molecule has 6 nitrogen and oxygen atoms in total. The Bertz CT molecular complexity index is 385. The van der Waals surface area contributed by atoms with Crippen LogP contribution in [0.5, 0.6) is 0 Å². The third kappa shape index (κ3) is 2.29. The molecule has 1 saturated carbocycles. The van der Waals surface area contributed by atoms with Gasteiger partial charge in [-0.2, -0.15) is 0 Å². The van der Waals surface area contributed by atoms with Crippen LogP contribution in [0.15, 0.2) is 5.16 Å². The molecule has 108 valence electrons. The second kappa shape index (κ2) is 5.36. The number of morpholine rings is 1. The molecule has 1 heterocycles. The van der Waals surface area contributed by atoms with Crippen LogP contribution in [0.3, 0.4) is 0 Å². The van der Waals surface area contributed by atoms with Crippen LogP contribution >= 0.6 is 0 Å². The lowest BCUT2D eigenvalue weighted by atomic mass is 9.83. The minimum absolute atomic E-state index is 0.0129. The number of rotatable bonds is 3. The number of ether oxygens (including phenoxy) is 1. The van der Waals surface area contributed by atoms with E-state index < -0.39 is 5.41 Å². The van der Waals surface area contributed by atoms with E-state index in [1.807, 2.05) is 11.8 Å². The van der Waals surface area contributed by atoms with Gasteiger partial charge in [0.2, 0.25) is 5.91 Å². The normalized spacial score (nSPS) is 30.8. The standard InChI is InChI=1S/C13H23N3O3/c1-3-13(2,11(14)15-18)12(17)16-7-8-19-10-6-4-5-9(10)16/h9-10,18H,3-8H2,1-2H3,(H2,14,15). The molecule has 1 saturated heterocycles. The van der Waals surface area contributed by atoms with Crippen LogP contribution in [0.25, 0.3) is 0 Å². The Morgan fingerprint density at radius 1 is 1.58 bits per heavy atom. The third-order valence-electron chi connectivity index (χ3n) is 4.60. The monoisotopic (exact) mass is 269 g/mol. The quantitative estimate of drug-likeness (QED) is 0.345. The first-order valence-corrected chi connectivity index (χ1v) is 6.95. The van der Waals surface area contributed by atoms with Gasteiger partial charge in [-0.3, -0.25) is 4.79 Å². The number of oxime groups is 1. The number of carbonyl (C=O) groups excluding carboxylic acids is 1. The summed E-state index contributed by atoms with van der Waals surface area (Å²) in [4.78, 5) is 14.7. The van der Waals surface area contributed by atoms with E-state index in [1.54, 1.807) is 6.92 Å². The zero-order valence-electron chi connectivity index (χ0n) is 11.6. The van der Waals surface area contributed by atoms with Crippen molar-refractivity contribution in [3.8, 4) is 0 Å². The minimum atomic E-state index is -0.931. The summed E-state index contributed by atoms with van der Waals surface area (Å²) in [7, 11) is 0. The fourth-order valence-electron chi connectivity index (χ4n) is 3.05. The number of hydrogen-bond donors (Lipinski definition) is 2. The second-order valence-corrected chi connectivity index (χ2v) is 5.58. The van der Waals surface area contributed by atoms with Gasteiger partial charge in [-0.15, -0.1) is 0 Å². The molecule has 2 aliphatic rings. The van der Waals surface area contributed by atoms with E-state index in [2.05, 4.69) is 5.16 Å². The fraction of sp³-hybridized carbons (Fsp3) is 0.846. The molecule has 2 fully saturated rings. The van der Waals surface area contributed by atoms with E-state index in [9.17, 15) is 4.79 Å². The molecule has 0 spiro atoms. The van der Waals surface area contributed by atoms with Gasteiger partial charge in [-0.1, -0.05) is 12.1 Å². The maximum absolute atomic E-state index is 12.8. The number of nitrogens with zero attached hydrogens (tertiary/aromatic N) is 2. The Morgan fingerprint density at radius 3 is 2.95 bits per heavy atom. The fourth-order valence-corrected chi connectivity index (χ4v) is 3.05. The van der Waals surface area contributed by atoms with Crippen LogP contribution in [0.4, 0.5) is 0 Å². The number of fused-ring (bicyclic) bond motifs is 1. The summed E-state index contributed by atoms with van der Waals surface area (Å²) < 4.78 is 5.71. The molecule has 1 aliphatic heterocycles. The number of amidine groups is 1. The Labute approximate surface area is 113 Å². The largest absolute Gasteiger partial charge is 0.409 e. The summed E-state index contributed by atoms with van der Waals surface area (Å²) in [6, 6.07) is 0.151. The minimum Gasteiger partial charge on any atom is -0.409 e. The van der Waals surface area contributed by atoms with E-state index in [4.69, 9.17) is 15.7 Å². The Morgan fingerprint density at radius 2 is 2.32 bits per heavy atom. The van der Waals surface area contributed by atoms with Crippen molar-refractivity contribution in [3.05, 3.63) is 0 Å². The van der Waals surface area contributed by atoms with Crippen molar-refractivity contribution in [2.45, 2.75) is 51.7 Å². The van der Waals surface area contributed by atoms with Gasteiger partial charge in [-0.25, -0.2) is 0 Å². The molecule has 19 heavy (non-hydrogen) atoms. The van der Waals surface area contributed by atoms with Crippen molar-refractivity contribution in [2.24, 2.45) is 16.3 Å².